The summed E-state index contributed by atoms with van der Waals surface area (Å²) >= 11 is 0. The van der Waals surface area contributed by atoms with Crippen LogP contribution in [0.2, 0.25) is 0 Å². The van der Waals surface area contributed by atoms with Crippen molar-refractivity contribution in [3.8, 4) is 5.75 Å². The maximum absolute atomic E-state index is 13.2. The zero-order valence-electron chi connectivity index (χ0n) is 17.8. The van der Waals surface area contributed by atoms with Gasteiger partial charge in [-0.05, 0) is 61.3 Å². The Morgan fingerprint density at radius 1 is 1.03 bits per heavy atom. The van der Waals surface area contributed by atoms with Crippen molar-refractivity contribution >= 4 is 15.9 Å². The van der Waals surface area contributed by atoms with Crippen LogP contribution >= 0.6 is 0 Å². The average molecular weight is 423 g/mol. The van der Waals surface area contributed by atoms with E-state index in [1.165, 1.54) is 51.3 Å². The lowest BCUT2D eigenvalue weighted by molar-refractivity contribution is -0.136. The van der Waals surface area contributed by atoms with Gasteiger partial charge in [0.2, 0.25) is 15.9 Å². The van der Waals surface area contributed by atoms with Gasteiger partial charge in [0, 0.05) is 13.1 Å². The zero-order valence-corrected chi connectivity index (χ0v) is 18.6. The zero-order chi connectivity index (χ0) is 21.1. The van der Waals surface area contributed by atoms with Gasteiger partial charge in [0.25, 0.3) is 0 Å². The number of sulfonamides is 1. The molecule has 7 heteroatoms. The van der Waals surface area contributed by atoms with Gasteiger partial charge in [-0.15, -0.1) is 0 Å². The van der Waals surface area contributed by atoms with Crippen molar-refractivity contribution in [2.75, 3.05) is 20.2 Å². The van der Waals surface area contributed by atoms with E-state index < -0.39 is 16.1 Å². The fourth-order valence-corrected chi connectivity index (χ4v) is 6.00. The fourth-order valence-electron chi connectivity index (χ4n) is 4.66. The van der Waals surface area contributed by atoms with E-state index in [0.717, 1.165) is 25.9 Å². The van der Waals surface area contributed by atoms with Crippen LogP contribution in [0, 0.1) is 11.3 Å². The summed E-state index contributed by atoms with van der Waals surface area (Å²) in [5, 5.41) is 0. The summed E-state index contributed by atoms with van der Waals surface area (Å²) in [4.78, 5) is 15.2. The first kappa shape index (κ1) is 22.1. The molecule has 1 heterocycles. The highest BCUT2D eigenvalue weighted by Gasteiger charge is 2.39. The van der Waals surface area contributed by atoms with Crippen molar-refractivity contribution in [3.05, 3.63) is 24.3 Å². The van der Waals surface area contributed by atoms with E-state index >= 15 is 0 Å². The number of amides is 1. The summed E-state index contributed by atoms with van der Waals surface area (Å²) in [6.45, 7) is 5.22. The lowest BCUT2D eigenvalue weighted by Crippen LogP contribution is -2.54. The molecule has 1 amide bonds. The van der Waals surface area contributed by atoms with E-state index in [0.29, 0.717) is 11.2 Å². The second-order valence-electron chi connectivity index (χ2n) is 8.90. The van der Waals surface area contributed by atoms with Crippen molar-refractivity contribution in [2.24, 2.45) is 11.3 Å². The minimum absolute atomic E-state index is 0.109. The van der Waals surface area contributed by atoms with Crippen LogP contribution in [0.5, 0.6) is 5.75 Å². The quantitative estimate of drug-likeness (QED) is 0.760. The van der Waals surface area contributed by atoms with Gasteiger partial charge in [0.05, 0.1) is 12.0 Å². The Kier molecular flexibility index (Phi) is 6.89. The molecule has 1 saturated heterocycles. The molecule has 29 heavy (non-hydrogen) atoms. The second kappa shape index (κ2) is 9.04. The van der Waals surface area contributed by atoms with E-state index in [1.807, 2.05) is 18.7 Å². The molecule has 2 fully saturated rings. The normalized spacial score (nSPS) is 20.6. The summed E-state index contributed by atoms with van der Waals surface area (Å²) in [6, 6.07) is 5.44. The molecule has 0 radical (unpaired) electrons. The van der Waals surface area contributed by atoms with Crippen LogP contribution in [-0.2, 0) is 14.8 Å². The van der Waals surface area contributed by atoms with E-state index in [1.54, 1.807) is 12.1 Å². The highest BCUT2D eigenvalue weighted by molar-refractivity contribution is 7.89. The Hall–Kier alpha value is -1.60. The maximum Gasteiger partial charge on any atom is 0.241 e. The first-order valence-electron chi connectivity index (χ1n) is 10.7. The number of hydrogen-bond acceptors (Lipinski definition) is 4. The van der Waals surface area contributed by atoms with Gasteiger partial charge >= 0.3 is 0 Å². The standard InChI is InChI=1S/C22H34N2O4S/c1-17(2)20(23-29(26,27)19-9-7-18(28-3)8-10-19)21(25)24-15-13-22(14-16-24)11-5-4-6-12-22/h7-10,17,20,23H,4-6,11-16H2,1-3H3/t20-/m0/s1. The third kappa shape index (κ3) is 5.12. The van der Waals surface area contributed by atoms with Gasteiger partial charge in [-0.2, -0.15) is 4.72 Å². The Labute approximate surface area is 175 Å². The Morgan fingerprint density at radius 3 is 2.14 bits per heavy atom. The number of hydrogen-bond donors (Lipinski definition) is 1. The lowest BCUT2D eigenvalue weighted by atomic mass is 9.68. The molecule has 2 aliphatic rings. The largest absolute Gasteiger partial charge is 0.497 e. The Morgan fingerprint density at radius 2 is 1.62 bits per heavy atom. The third-order valence-electron chi connectivity index (χ3n) is 6.63. The number of carbonyl (C=O) groups excluding carboxylic acids is 1. The number of rotatable bonds is 6. The van der Waals surface area contributed by atoms with Gasteiger partial charge in [-0.1, -0.05) is 33.1 Å². The predicted molar refractivity (Wildman–Crippen MR) is 113 cm³/mol. The molecule has 1 aromatic carbocycles. The Bertz CT molecular complexity index is 789. The number of nitrogens with one attached hydrogen (secondary N) is 1. The molecule has 1 spiro atoms. The predicted octanol–water partition coefficient (Wildman–Crippen LogP) is 3.57. The van der Waals surface area contributed by atoms with Gasteiger partial charge in [0.15, 0.2) is 0 Å². The van der Waals surface area contributed by atoms with E-state index in [-0.39, 0.29) is 16.7 Å². The highest BCUT2D eigenvalue weighted by Crippen LogP contribution is 2.44. The van der Waals surface area contributed by atoms with Gasteiger partial charge in [-0.25, -0.2) is 8.42 Å². The summed E-state index contributed by atoms with van der Waals surface area (Å²) in [7, 11) is -2.26. The second-order valence-corrected chi connectivity index (χ2v) is 10.6. The summed E-state index contributed by atoms with van der Waals surface area (Å²) < 4.78 is 33.5. The average Bonchev–Trinajstić information content (AvgIpc) is 2.72. The monoisotopic (exact) mass is 422 g/mol. The minimum atomic E-state index is -3.79. The number of ether oxygens (including phenoxy) is 1. The van der Waals surface area contributed by atoms with Crippen LogP contribution in [0.4, 0.5) is 0 Å². The van der Waals surface area contributed by atoms with Gasteiger partial charge < -0.3 is 9.64 Å². The molecule has 1 saturated carbocycles. The molecule has 1 aliphatic carbocycles. The summed E-state index contributed by atoms with van der Waals surface area (Å²) in [6.07, 6.45) is 8.53. The number of methoxy groups -OCH3 is 1. The molecule has 1 aliphatic heterocycles. The summed E-state index contributed by atoms with van der Waals surface area (Å²) in [5.74, 6) is 0.342. The van der Waals surface area contributed by atoms with Crippen molar-refractivity contribution < 1.29 is 17.9 Å². The molecule has 6 nitrogen and oxygen atoms in total. The molecule has 0 aromatic heterocycles. The van der Waals surface area contributed by atoms with Crippen molar-refractivity contribution in [1.29, 1.82) is 0 Å². The highest BCUT2D eigenvalue weighted by atomic mass is 32.2. The topological polar surface area (TPSA) is 75.7 Å². The molecule has 3 rings (SSSR count). The number of likely N-dealkylation sites (tertiary alicyclic amines) is 1. The number of carbonyl (C=O) groups is 1. The molecule has 162 valence electrons. The van der Waals surface area contributed by atoms with Crippen molar-refractivity contribution in [2.45, 2.75) is 69.7 Å². The van der Waals surface area contributed by atoms with E-state index in [4.69, 9.17) is 4.74 Å². The van der Waals surface area contributed by atoms with E-state index in [9.17, 15) is 13.2 Å². The van der Waals surface area contributed by atoms with Crippen molar-refractivity contribution in [1.82, 2.24) is 9.62 Å². The molecule has 0 bridgehead atoms. The van der Waals surface area contributed by atoms with Crippen LogP contribution in [0.15, 0.2) is 29.2 Å². The first-order chi connectivity index (χ1) is 13.8. The molecule has 1 atom stereocenters. The first-order valence-corrected chi connectivity index (χ1v) is 12.2. The molecule has 0 unspecified atom stereocenters. The number of benzene rings is 1. The van der Waals surface area contributed by atoms with Crippen LogP contribution in [0.3, 0.4) is 0 Å². The molecule has 1 aromatic rings. The van der Waals surface area contributed by atoms with Crippen LogP contribution in [0.1, 0.15) is 58.8 Å². The summed E-state index contributed by atoms with van der Waals surface area (Å²) in [5.41, 5.74) is 0.408. The minimum Gasteiger partial charge on any atom is -0.497 e. The number of piperidine rings is 1. The number of nitrogens with zero attached hydrogens (tertiary/aromatic N) is 1. The fraction of sp³-hybridized carbons (Fsp3) is 0.682. The smallest absolute Gasteiger partial charge is 0.241 e. The van der Waals surface area contributed by atoms with E-state index in [2.05, 4.69) is 4.72 Å². The molecular weight excluding hydrogens is 388 g/mol. The van der Waals surface area contributed by atoms with Crippen molar-refractivity contribution in [3.63, 3.8) is 0 Å². The Balaban J connectivity index is 1.68. The van der Waals surface area contributed by atoms with Gasteiger partial charge in [-0.3, -0.25) is 4.79 Å². The van der Waals surface area contributed by atoms with Crippen LogP contribution < -0.4 is 9.46 Å². The van der Waals surface area contributed by atoms with Crippen LogP contribution in [0.25, 0.3) is 0 Å². The third-order valence-corrected chi connectivity index (χ3v) is 8.09. The lowest BCUT2D eigenvalue weighted by Gasteiger charge is -2.45. The SMILES string of the molecule is COc1ccc(S(=O)(=O)N[C@H](C(=O)N2CCC3(CCCCC3)CC2)C(C)C)cc1. The van der Waals surface area contributed by atoms with Crippen LogP contribution in [-0.4, -0.2) is 45.5 Å². The molecular formula is C22H34N2O4S. The van der Waals surface area contributed by atoms with Gasteiger partial charge in [0.1, 0.15) is 11.8 Å². The maximum atomic E-state index is 13.2. The molecule has 1 N–H and O–H groups in total.